The number of hydrogen-bond donors (Lipinski definition) is 2. The van der Waals surface area contributed by atoms with Crippen LogP contribution in [-0.2, 0) is 9.47 Å². The molecule has 4 atom stereocenters. The maximum atomic E-state index is 6.20. The van der Waals surface area contributed by atoms with Gasteiger partial charge in [0.05, 0.1) is 17.7 Å². The second kappa shape index (κ2) is 6.53. The van der Waals surface area contributed by atoms with E-state index in [1.54, 1.807) is 0 Å². The predicted molar refractivity (Wildman–Crippen MR) is 82.6 cm³/mol. The number of nitrogens with one attached hydrogen (secondary N) is 1. The van der Waals surface area contributed by atoms with E-state index in [4.69, 9.17) is 15.3 Å². The molecule has 4 unspecified atom stereocenters. The molecule has 3 fully saturated rings. The van der Waals surface area contributed by atoms with E-state index in [9.17, 15) is 0 Å². The fourth-order valence-electron chi connectivity index (χ4n) is 4.14. The molecule has 0 amide bonds. The van der Waals surface area contributed by atoms with Gasteiger partial charge < -0.3 is 9.47 Å². The van der Waals surface area contributed by atoms with Crippen LogP contribution in [0.2, 0.25) is 0 Å². The van der Waals surface area contributed by atoms with E-state index in [0.717, 1.165) is 32.5 Å². The van der Waals surface area contributed by atoms with Gasteiger partial charge in [0.15, 0.2) is 0 Å². The molecule has 0 bridgehead atoms. The minimum absolute atomic E-state index is 0.130. The van der Waals surface area contributed by atoms with Crippen LogP contribution in [-0.4, -0.2) is 42.5 Å². The largest absolute Gasteiger partial charge is 0.376 e. The van der Waals surface area contributed by atoms with Crippen molar-refractivity contribution in [1.82, 2.24) is 5.43 Å². The molecule has 3 rings (SSSR count). The quantitative estimate of drug-likeness (QED) is 0.616. The van der Waals surface area contributed by atoms with Gasteiger partial charge in [-0.1, -0.05) is 6.92 Å². The average Bonchev–Trinajstić information content (AvgIpc) is 2.87. The number of ether oxygens (including phenoxy) is 2. The van der Waals surface area contributed by atoms with Crippen molar-refractivity contribution in [3.63, 3.8) is 0 Å². The third-order valence-corrected chi connectivity index (χ3v) is 6.42. The van der Waals surface area contributed by atoms with Gasteiger partial charge in [0, 0.05) is 13.2 Å². The van der Waals surface area contributed by atoms with E-state index in [2.05, 4.69) is 24.1 Å². The van der Waals surface area contributed by atoms with Crippen LogP contribution in [0.1, 0.15) is 39.0 Å². The molecule has 4 nitrogen and oxygen atoms in total. The van der Waals surface area contributed by atoms with Crippen molar-refractivity contribution in [2.45, 2.75) is 56.8 Å². The summed E-state index contributed by atoms with van der Waals surface area (Å²) in [5, 5.41) is 0. The number of thioether (sulfide) groups is 1. The second-order valence-electron chi connectivity index (χ2n) is 6.69. The van der Waals surface area contributed by atoms with Crippen LogP contribution in [0.15, 0.2) is 0 Å². The summed E-state index contributed by atoms with van der Waals surface area (Å²) in [4.78, 5) is 0. The molecule has 0 aliphatic carbocycles. The summed E-state index contributed by atoms with van der Waals surface area (Å²) in [5.41, 5.74) is 3.21. The summed E-state index contributed by atoms with van der Waals surface area (Å²) in [6.07, 6.45) is 6.09. The molecule has 3 N–H and O–H groups in total. The highest BCUT2D eigenvalue weighted by Crippen LogP contribution is 2.42. The van der Waals surface area contributed by atoms with Crippen LogP contribution >= 0.6 is 11.8 Å². The van der Waals surface area contributed by atoms with Crippen LogP contribution in [0.4, 0.5) is 0 Å². The Bertz CT molecular complexity index is 317. The zero-order chi connectivity index (χ0) is 14.0. The monoisotopic (exact) mass is 300 g/mol. The first kappa shape index (κ1) is 15.1. The second-order valence-corrected chi connectivity index (χ2v) is 7.92. The SMILES string of the molecule is CC1CCOC1C(NN)C1CCOC2(CCSCC2)C1. The molecule has 116 valence electrons. The molecule has 3 aliphatic rings. The molecule has 3 aliphatic heterocycles. The molecule has 0 radical (unpaired) electrons. The third-order valence-electron chi connectivity index (χ3n) is 5.43. The topological polar surface area (TPSA) is 56.5 Å². The van der Waals surface area contributed by atoms with Gasteiger partial charge in [-0.3, -0.25) is 11.3 Å². The average molecular weight is 300 g/mol. The van der Waals surface area contributed by atoms with E-state index in [1.807, 2.05) is 0 Å². The number of hydrogen-bond acceptors (Lipinski definition) is 5. The lowest BCUT2D eigenvalue weighted by molar-refractivity contribution is -0.115. The first-order valence-electron chi connectivity index (χ1n) is 8.03. The minimum Gasteiger partial charge on any atom is -0.376 e. The first-order chi connectivity index (χ1) is 9.74. The molecule has 5 heteroatoms. The summed E-state index contributed by atoms with van der Waals surface area (Å²) in [5.74, 6) is 9.56. The van der Waals surface area contributed by atoms with Crippen molar-refractivity contribution in [3.8, 4) is 0 Å². The zero-order valence-electron chi connectivity index (χ0n) is 12.5. The zero-order valence-corrected chi connectivity index (χ0v) is 13.3. The normalized spacial score (nSPS) is 39.0. The summed E-state index contributed by atoms with van der Waals surface area (Å²) in [6.45, 7) is 4.05. The Morgan fingerprint density at radius 2 is 2.05 bits per heavy atom. The van der Waals surface area contributed by atoms with Gasteiger partial charge in [-0.05, 0) is 55.4 Å². The first-order valence-corrected chi connectivity index (χ1v) is 9.19. The van der Waals surface area contributed by atoms with Crippen LogP contribution in [0.5, 0.6) is 0 Å². The van der Waals surface area contributed by atoms with Crippen molar-refractivity contribution < 1.29 is 9.47 Å². The third kappa shape index (κ3) is 3.02. The van der Waals surface area contributed by atoms with Gasteiger partial charge in [-0.15, -0.1) is 0 Å². The van der Waals surface area contributed by atoms with Gasteiger partial charge in [-0.25, -0.2) is 0 Å². The Morgan fingerprint density at radius 3 is 2.70 bits per heavy atom. The van der Waals surface area contributed by atoms with Crippen LogP contribution in [0.25, 0.3) is 0 Å². The fourth-order valence-corrected chi connectivity index (χ4v) is 5.38. The molecule has 20 heavy (non-hydrogen) atoms. The summed E-state index contributed by atoms with van der Waals surface area (Å²) < 4.78 is 12.2. The standard InChI is InChI=1S/C15H28N2O2S/c1-11-2-6-18-14(11)13(17-16)12-3-7-19-15(10-12)4-8-20-9-5-15/h11-14,17H,2-10,16H2,1H3. The molecule has 3 heterocycles. The van der Waals surface area contributed by atoms with E-state index in [-0.39, 0.29) is 17.7 Å². The van der Waals surface area contributed by atoms with Crippen molar-refractivity contribution >= 4 is 11.8 Å². The molecule has 0 saturated carbocycles. The van der Waals surface area contributed by atoms with Crippen molar-refractivity contribution in [2.24, 2.45) is 17.7 Å². The molecule has 0 aromatic carbocycles. The molecule has 0 aromatic rings. The van der Waals surface area contributed by atoms with Gasteiger partial charge in [0.1, 0.15) is 0 Å². The Kier molecular flexibility index (Phi) is 4.93. The highest BCUT2D eigenvalue weighted by atomic mass is 32.2. The van der Waals surface area contributed by atoms with E-state index in [0.29, 0.717) is 11.8 Å². The van der Waals surface area contributed by atoms with Crippen LogP contribution in [0.3, 0.4) is 0 Å². The van der Waals surface area contributed by atoms with Crippen molar-refractivity contribution in [1.29, 1.82) is 0 Å². The summed E-state index contributed by atoms with van der Waals surface area (Å²) in [7, 11) is 0. The molecule has 1 spiro atoms. The number of rotatable bonds is 3. The highest BCUT2D eigenvalue weighted by Gasteiger charge is 2.44. The number of hydrazine groups is 1. The van der Waals surface area contributed by atoms with Crippen molar-refractivity contribution in [2.75, 3.05) is 24.7 Å². The van der Waals surface area contributed by atoms with E-state index < -0.39 is 0 Å². The Balaban J connectivity index is 1.68. The molecule has 3 saturated heterocycles. The smallest absolute Gasteiger partial charge is 0.0770 e. The lowest BCUT2D eigenvalue weighted by atomic mass is 9.76. The van der Waals surface area contributed by atoms with E-state index in [1.165, 1.54) is 24.3 Å². The Hall–Kier alpha value is 0.190. The minimum atomic E-state index is 0.130. The van der Waals surface area contributed by atoms with Gasteiger partial charge in [-0.2, -0.15) is 11.8 Å². The lowest BCUT2D eigenvalue weighted by Gasteiger charge is -2.46. The number of nitrogens with two attached hydrogens (primary N) is 1. The molecular formula is C15H28N2O2S. The van der Waals surface area contributed by atoms with Crippen LogP contribution in [0, 0.1) is 11.8 Å². The predicted octanol–water partition coefficient (Wildman–Crippen LogP) is 1.94. The Morgan fingerprint density at radius 1 is 1.25 bits per heavy atom. The van der Waals surface area contributed by atoms with Gasteiger partial charge >= 0.3 is 0 Å². The highest BCUT2D eigenvalue weighted by molar-refractivity contribution is 7.99. The lowest BCUT2D eigenvalue weighted by Crippen LogP contribution is -2.55. The summed E-state index contributed by atoms with van der Waals surface area (Å²) in [6, 6.07) is 0.280. The van der Waals surface area contributed by atoms with Gasteiger partial charge in [0.2, 0.25) is 0 Å². The molecule has 0 aromatic heterocycles. The van der Waals surface area contributed by atoms with Crippen LogP contribution < -0.4 is 11.3 Å². The Labute approximate surface area is 126 Å². The maximum absolute atomic E-state index is 6.20. The van der Waals surface area contributed by atoms with E-state index >= 15 is 0 Å². The summed E-state index contributed by atoms with van der Waals surface area (Å²) >= 11 is 2.06. The van der Waals surface area contributed by atoms with Gasteiger partial charge in [0.25, 0.3) is 0 Å². The fraction of sp³-hybridized carbons (Fsp3) is 1.00. The maximum Gasteiger partial charge on any atom is 0.0770 e. The van der Waals surface area contributed by atoms with Crippen molar-refractivity contribution in [3.05, 3.63) is 0 Å². The molecular weight excluding hydrogens is 272 g/mol.